The molecule has 0 saturated heterocycles. The summed E-state index contributed by atoms with van der Waals surface area (Å²) in [6.45, 7) is 5.30. The van der Waals surface area contributed by atoms with Gasteiger partial charge in [0, 0.05) is 26.3 Å². The van der Waals surface area contributed by atoms with Crippen molar-refractivity contribution in [1.82, 2.24) is 20.3 Å². The van der Waals surface area contributed by atoms with Crippen LogP contribution in [0.25, 0.3) is 5.69 Å². The van der Waals surface area contributed by atoms with Crippen LogP contribution in [0.1, 0.15) is 32.0 Å². The second-order valence-corrected chi connectivity index (χ2v) is 5.91. The van der Waals surface area contributed by atoms with Crippen LogP contribution < -0.4 is 16.8 Å². The van der Waals surface area contributed by atoms with Crippen molar-refractivity contribution in [3.8, 4) is 5.69 Å². The predicted molar refractivity (Wildman–Crippen MR) is 108 cm³/mol. The molecular formula is C19H30N6O3. The first kappa shape index (κ1) is 24.9. The van der Waals surface area contributed by atoms with Crippen molar-refractivity contribution in [1.29, 1.82) is 0 Å². The topological polar surface area (TPSA) is 146 Å². The molecule has 0 aliphatic rings. The van der Waals surface area contributed by atoms with Crippen LogP contribution in [-0.2, 0) is 27.2 Å². The van der Waals surface area contributed by atoms with Gasteiger partial charge >= 0.3 is 0 Å². The minimum absolute atomic E-state index is 0.00463. The van der Waals surface area contributed by atoms with E-state index < -0.39 is 0 Å². The lowest BCUT2D eigenvalue weighted by atomic mass is 10.0. The molecule has 28 heavy (non-hydrogen) atoms. The standard InChI is InChI=1S/C14H19N5O.C3H7NO.C2H4O/c1-10(14(16)20)8-11-2-4-13(5-3-11)19-9-12(6-7-15)17-18-19;1-3(5)4-2;1-2-3/h2-5,9-10H,6-8,15H2,1H3,(H2,16,20);1-2H3,(H,4,5);2H,1H3/t10-;;/m0../s1. The van der Waals surface area contributed by atoms with Gasteiger partial charge in [-0.15, -0.1) is 5.10 Å². The smallest absolute Gasteiger partial charge is 0.220 e. The van der Waals surface area contributed by atoms with Gasteiger partial charge in [0.1, 0.15) is 6.29 Å². The van der Waals surface area contributed by atoms with Crippen molar-refractivity contribution < 1.29 is 14.4 Å². The Morgan fingerprint density at radius 3 is 2.25 bits per heavy atom. The molecule has 0 aliphatic carbocycles. The average Bonchev–Trinajstić information content (AvgIpc) is 3.12. The molecule has 0 spiro atoms. The fraction of sp³-hybridized carbons (Fsp3) is 0.421. The summed E-state index contributed by atoms with van der Waals surface area (Å²) >= 11 is 0. The third-order valence-electron chi connectivity index (χ3n) is 3.52. The van der Waals surface area contributed by atoms with Gasteiger partial charge < -0.3 is 21.6 Å². The summed E-state index contributed by atoms with van der Waals surface area (Å²) in [6, 6.07) is 7.84. The Labute approximate surface area is 165 Å². The van der Waals surface area contributed by atoms with Crippen LogP contribution in [-0.4, -0.2) is 46.7 Å². The maximum atomic E-state index is 11.0. The molecule has 0 bridgehead atoms. The number of nitrogens with two attached hydrogens (primary N) is 2. The van der Waals surface area contributed by atoms with Crippen LogP contribution in [0.4, 0.5) is 0 Å². The number of aldehydes is 1. The largest absolute Gasteiger partial charge is 0.369 e. The molecule has 2 aromatic rings. The van der Waals surface area contributed by atoms with Crippen LogP contribution >= 0.6 is 0 Å². The summed E-state index contributed by atoms with van der Waals surface area (Å²) in [5.41, 5.74) is 13.6. The van der Waals surface area contributed by atoms with Crippen molar-refractivity contribution in [3.63, 3.8) is 0 Å². The van der Waals surface area contributed by atoms with Gasteiger partial charge in [-0.2, -0.15) is 0 Å². The van der Waals surface area contributed by atoms with Crippen LogP contribution in [0, 0.1) is 5.92 Å². The van der Waals surface area contributed by atoms with Crippen molar-refractivity contribution >= 4 is 18.1 Å². The Morgan fingerprint density at radius 2 is 1.82 bits per heavy atom. The predicted octanol–water partition coefficient (Wildman–Crippen LogP) is 0.390. The Morgan fingerprint density at radius 1 is 1.29 bits per heavy atom. The number of carbonyl (C=O) groups is 3. The number of aromatic nitrogens is 3. The molecule has 1 heterocycles. The summed E-state index contributed by atoms with van der Waals surface area (Å²) in [4.78, 5) is 29.6. The van der Waals surface area contributed by atoms with Gasteiger partial charge in [-0.05, 0) is 37.6 Å². The summed E-state index contributed by atoms with van der Waals surface area (Å²) in [7, 11) is 1.60. The van der Waals surface area contributed by atoms with E-state index >= 15 is 0 Å². The number of carbonyl (C=O) groups excluding carboxylic acids is 3. The lowest BCUT2D eigenvalue weighted by Crippen LogP contribution is -2.22. The van der Waals surface area contributed by atoms with Gasteiger partial charge in [-0.3, -0.25) is 9.59 Å². The van der Waals surface area contributed by atoms with Gasteiger partial charge in [0.15, 0.2) is 0 Å². The normalized spacial score (nSPS) is 10.5. The first-order valence-electron chi connectivity index (χ1n) is 8.87. The lowest BCUT2D eigenvalue weighted by molar-refractivity contribution is -0.121. The number of amides is 2. The number of nitrogens with zero attached hydrogens (tertiary/aromatic N) is 3. The van der Waals surface area contributed by atoms with Gasteiger partial charge in [-0.25, -0.2) is 4.68 Å². The molecule has 2 rings (SSSR count). The molecule has 0 aliphatic heterocycles. The first-order chi connectivity index (χ1) is 13.3. The fourth-order valence-electron chi connectivity index (χ4n) is 1.93. The van der Waals surface area contributed by atoms with E-state index in [0.29, 0.717) is 19.4 Å². The van der Waals surface area contributed by atoms with Crippen LogP contribution in [0.3, 0.4) is 0 Å². The van der Waals surface area contributed by atoms with Crippen molar-refractivity contribution in [2.45, 2.75) is 33.6 Å². The number of primary amides is 1. The highest BCUT2D eigenvalue weighted by atomic mass is 16.1. The number of rotatable bonds is 6. The Balaban J connectivity index is 0.000000777. The molecule has 0 saturated carbocycles. The minimum Gasteiger partial charge on any atom is -0.369 e. The molecule has 0 fully saturated rings. The van der Waals surface area contributed by atoms with E-state index in [2.05, 4.69) is 15.6 Å². The highest BCUT2D eigenvalue weighted by molar-refractivity contribution is 5.76. The molecule has 2 amide bonds. The summed E-state index contributed by atoms with van der Waals surface area (Å²) in [5, 5.41) is 10.5. The highest BCUT2D eigenvalue weighted by Gasteiger charge is 2.09. The zero-order valence-electron chi connectivity index (χ0n) is 16.9. The fourth-order valence-corrected chi connectivity index (χ4v) is 1.93. The third kappa shape index (κ3) is 10.2. The number of hydrogen-bond acceptors (Lipinski definition) is 6. The van der Waals surface area contributed by atoms with E-state index in [-0.39, 0.29) is 17.7 Å². The van der Waals surface area contributed by atoms with Crippen molar-refractivity contribution in [2.75, 3.05) is 13.6 Å². The van der Waals surface area contributed by atoms with Crippen LogP contribution in [0.15, 0.2) is 30.5 Å². The van der Waals surface area contributed by atoms with Gasteiger partial charge in [0.2, 0.25) is 11.8 Å². The Kier molecular flexibility index (Phi) is 12.5. The quantitative estimate of drug-likeness (QED) is 0.608. The van der Waals surface area contributed by atoms with Crippen LogP contribution in [0.5, 0.6) is 0 Å². The average molecular weight is 390 g/mol. The van der Waals surface area contributed by atoms with Gasteiger partial charge in [0.25, 0.3) is 0 Å². The zero-order valence-corrected chi connectivity index (χ0v) is 16.9. The maximum Gasteiger partial charge on any atom is 0.220 e. The summed E-state index contributed by atoms with van der Waals surface area (Å²) in [5.74, 6) is -0.440. The Hall–Kier alpha value is -3.07. The molecule has 9 nitrogen and oxygen atoms in total. The van der Waals surface area contributed by atoms with Crippen LogP contribution in [0.2, 0.25) is 0 Å². The third-order valence-corrected chi connectivity index (χ3v) is 3.52. The number of benzene rings is 1. The van der Waals surface area contributed by atoms with E-state index in [9.17, 15) is 9.59 Å². The Bertz CT molecular complexity index is 728. The number of nitrogens with one attached hydrogen (secondary N) is 1. The summed E-state index contributed by atoms with van der Waals surface area (Å²) < 4.78 is 1.71. The van der Waals surface area contributed by atoms with E-state index in [1.165, 1.54) is 13.8 Å². The van der Waals surface area contributed by atoms with E-state index in [0.717, 1.165) is 23.2 Å². The molecule has 0 unspecified atom stereocenters. The van der Waals surface area contributed by atoms with Crippen molar-refractivity contribution in [2.24, 2.45) is 17.4 Å². The molecule has 1 atom stereocenters. The molecule has 1 aromatic heterocycles. The van der Waals surface area contributed by atoms with E-state index in [1.54, 1.807) is 11.7 Å². The molecule has 154 valence electrons. The monoisotopic (exact) mass is 390 g/mol. The molecule has 9 heteroatoms. The maximum absolute atomic E-state index is 11.0. The first-order valence-corrected chi connectivity index (χ1v) is 8.87. The molecular weight excluding hydrogens is 360 g/mol. The highest BCUT2D eigenvalue weighted by Crippen LogP contribution is 2.12. The second-order valence-electron chi connectivity index (χ2n) is 5.91. The van der Waals surface area contributed by atoms with E-state index in [1.807, 2.05) is 37.4 Å². The SMILES string of the molecule is CC=O.CNC(C)=O.C[C@@H](Cc1ccc(-n2cc(CCN)nn2)cc1)C(N)=O. The molecule has 5 N–H and O–H groups in total. The lowest BCUT2D eigenvalue weighted by Gasteiger charge is -2.07. The number of hydrogen-bond donors (Lipinski definition) is 3. The van der Waals surface area contributed by atoms with Crippen molar-refractivity contribution in [3.05, 3.63) is 41.7 Å². The second kappa shape index (κ2) is 14.0. The molecule has 1 aromatic carbocycles. The summed E-state index contributed by atoms with van der Waals surface area (Å²) in [6.07, 6.45) is 3.98. The van der Waals surface area contributed by atoms with Gasteiger partial charge in [-0.1, -0.05) is 24.3 Å². The zero-order chi connectivity index (χ0) is 21.5. The minimum atomic E-state index is -0.281. The van der Waals surface area contributed by atoms with E-state index in [4.69, 9.17) is 16.3 Å². The molecule has 0 radical (unpaired) electrons. The van der Waals surface area contributed by atoms with Gasteiger partial charge in [0.05, 0.1) is 17.6 Å².